The van der Waals surface area contributed by atoms with Gasteiger partial charge in [0.05, 0.1) is 3.79 Å². The molecule has 0 aliphatic carbocycles. The predicted octanol–water partition coefficient (Wildman–Crippen LogP) is 2.51. The predicted molar refractivity (Wildman–Crippen MR) is 76.5 cm³/mol. The number of nitrogens with zero attached hydrogens (tertiary/aromatic N) is 1. The average Bonchev–Trinajstić information content (AvgIpc) is 2.71. The number of hydrogen-bond acceptors (Lipinski definition) is 3. The Morgan fingerprint density at radius 3 is 2.88 bits per heavy atom. The van der Waals surface area contributed by atoms with Crippen molar-refractivity contribution < 1.29 is 4.79 Å². The van der Waals surface area contributed by atoms with Crippen molar-refractivity contribution in [2.75, 3.05) is 27.2 Å². The van der Waals surface area contributed by atoms with Gasteiger partial charge in [-0.2, -0.15) is 0 Å². The molecule has 0 saturated carbocycles. The zero-order valence-electron chi connectivity index (χ0n) is 10.3. The summed E-state index contributed by atoms with van der Waals surface area (Å²) in [5.74, 6) is 0.232. The summed E-state index contributed by atoms with van der Waals surface area (Å²) in [5.41, 5.74) is 0. The van der Waals surface area contributed by atoms with E-state index in [9.17, 15) is 4.79 Å². The molecule has 0 aliphatic heterocycles. The maximum atomic E-state index is 11.7. The quantitative estimate of drug-likeness (QED) is 0.837. The van der Waals surface area contributed by atoms with Gasteiger partial charge in [-0.25, -0.2) is 0 Å². The van der Waals surface area contributed by atoms with Crippen molar-refractivity contribution >= 4 is 33.2 Å². The molecule has 0 atom stereocenters. The molecule has 0 fully saturated rings. The maximum Gasteiger partial charge on any atom is 0.222 e. The molecule has 0 aromatic carbocycles. The van der Waals surface area contributed by atoms with E-state index in [0.29, 0.717) is 6.42 Å². The fourth-order valence-corrected chi connectivity index (χ4v) is 3.02. The summed E-state index contributed by atoms with van der Waals surface area (Å²) in [5, 5.41) is 3.04. The van der Waals surface area contributed by atoms with Gasteiger partial charge in [0, 0.05) is 31.4 Å². The fourth-order valence-electron chi connectivity index (χ4n) is 1.50. The maximum absolute atomic E-state index is 11.7. The van der Waals surface area contributed by atoms with Crippen LogP contribution in [0, 0.1) is 0 Å². The lowest BCUT2D eigenvalue weighted by molar-refractivity contribution is -0.129. The highest BCUT2D eigenvalue weighted by Crippen LogP contribution is 2.23. The summed E-state index contributed by atoms with van der Waals surface area (Å²) in [6, 6.07) is 4.17. The van der Waals surface area contributed by atoms with Crippen LogP contribution < -0.4 is 5.32 Å². The molecule has 96 valence electrons. The lowest BCUT2D eigenvalue weighted by Gasteiger charge is -2.16. The monoisotopic (exact) mass is 318 g/mol. The molecule has 1 aromatic rings. The molecular formula is C12H19BrN2OS. The third-order valence-corrected chi connectivity index (χ3v) is 4.25. The molecule has 1 amide bonds. The summed E-state index contributed by atoms with van der Waals surface area (Å²) < 4.78 is 1.16. The van der Waals surface area contributed by atoms with Gasteiger partial charge in [-0.3, -0.25) is 4.79 Å². The van der Waals surface area contributed by atoms with E-state index < -0.39 is 0 Å². The highest BCUT2D eigenvalue weighted by molar-refractivity contribution is 9.11. The normalized spacial score (nSPS) is 10.5. The van der Waals surface area contributed by atoms with Gasteiger partial charge in [-0.1, -0.05) is 0 Å². The Kier molecular flexibility index (Phi) is 6.77. The van der Waals surface area contributed by atoms with Crippen LogP contribution in [0.5, 0.6) is 0 Å². The van der Waals surface area contributed by atoms with Gasteiger partial charge in [0.2, 0.25) is 5.91 Å². The topological polar surface area (TPSA) is 32.3 Å². The molecule has 0 spiro atoms. The Morgan fingerprint density at radius 1 is 1.53 bits per heavy atom. The number of likely N-dealkylation sites (N-methyl/N-ethyl adjacent to an activating group) is 2. The standard InChI is InChI=1S/C12H19BrN2OS/c1-14-8-9-15(2)12(16)5-3-4-10-6-7-11(13)17-10/h6-7,14H,3-5,8-9H2,1-2H3. The van der Waals surface area contributed by atoms with Crippen LogP contribution in [0.1, 0.15) is 17.7 Å². The van der Waals surface area contributed by atoms with Crippen LogP contribution in [0.3, 0.4) is 0 Å². The minimum atomic E-state index is 0.232. The van der Waals surface area contributed by atoms with E-state index in [1.54, 1.807) is 16.2 Å². The van der Waals surface area contributed by atoms with E-state index in [1.165, 1.54) is 4.88 Å². The van der Waals surface area contributed by atoms with Crippen LogP contribution in [-0.2, 0) is 11.2 Å². The number of hydrogen-bond donors (Lipinski definition) is 1. The van der Waals surface area contributed by atoms with Crippen molar-refractivity contribution in [1.29, 1.82) is 0 Å². The van der Waals surface area contributed by atoms with Crippen LogP contribution >= 0.6 is 27.3 Å². The number of halogens is 1. The highest BCUT2D eigenvalue weighted by atomic mass is 79.9. The Morgan fingerprint density at radius 2 is 2.29 bits per heavy atom. The van der Waals surface area contributed by atoms with Gasteiger partial charge in [0.1, 0.15) is 0 Å². The molecule has 0 unspecified atom stereocenters. The van der Waals surface area contributed by atoms with E-state index in [1.807, 2.05) is 14.1 Å². The van der Waals surface area contributed by atoms with E-state index >= 15 is 0 Å². The summed E-state index contributed by atoms with van der Waals surface area (Å²) in [7, 11) is 3.76. The van der Waals surface area contributed by atoms with Crippen LogP contribution in [0.15, 0.2) is 15.9 Å². The van der Waals surface area contributed by atoms with Gasteiger partial charge >= 0.3 is 0 Å². The highest BCUT2D eigenvalue weighted by Gasteiger charge is 2.07. The van der Waals surface area contributed by atoms with Gasteiger partial charge < -0.3 is 10.2 Å². The molecule has 1 aromatic heterocycles. The summed E-state index contributed by atoms with van der Waals surface area (Å²) in [4.78, 5) is 14.9. The number of nitrogens with one attached hydrogen (secondary N) is 1. The zero-order chi connectivity index (χ0) is 12.7. The number of aryl methyl sites for hydroxylation is 1. The number of thiophene rings is 1. The Hall–Kier alpha value is -0.390. The third-order valence-electron chi connectivity index (χ3n) is 2.57. The molecule has 5 heteroatoms. The molecule has 1 heterocycles. The molecule has 1 rings (SSSR count). The fraction of sp³-hybridized carbons (Fsp3) is 0.583. The van der Waals surface area contributed by atoms with Gasteiger partial charge in [-0.05, 0) is 48.0 Å². The van der Waals surface area contributed by atoms with E-state index in [-0.39, 0.29) is 5.91 Å². The SMILES string of the molecule is CNCCN(C)C(=O)CCCc1ccc(Br)s1. The second-order valence-electron chi connectivity index (χ2n) is 3.98. The summed E-state index contributed by atoms with van der Waals surface area (Å²) in [6.07, 6.45) is 2.55. The molecule has 0 radical (unpaired) electrons. The Labute approximate surface area is 115 Å². The molecule has 17 heavy (non-hydrogen) atoms. The average molecular weight is 319 g/mol. The van der Waals surface area contributed by atoms with Crippen LogP contribution in [-0.4, -0.2) is 38.0 Å². The number of carbonyl (C=O) groups is 1. The first-order valence-corrected chi connectivity index (χ1v) is 7.37. The molecule has 3 nitrogen and oxygen atoms in total. The summed E-state index contributed by atoms with van der Waals surface area (Å²) >= 11 is 5.18. The van der Waals surface area contributed by atoms with Gasteiger partial charge in [-0.15, -0.1) is 11.3 Å². The second-order valence-corrected chi connectivity index (χ2v) is 6.53. The minimum absolute atomic E-state index is 0.232. The lowest BCUT2D eigenvalue weighted by Crippen LogP contribution is -2.32. The largest absolute Gasteiger partial charge is 0.344 e. The third kappa shape index (κ3) is 5.66. The van der Waals surface area contributed by atoms with Crippen molar-refractivity contribution in [1.82, 2.24) is 10.2 Å². The van der Waals surface area contributed by atoms with E-state index in [2.05, 4.69) is 33.4 Å². The first-order chi connectivity index (χ1) is 8.13. The first kappa shape index (κ1) is 14.7. The smallest absolute Gasteiger partial charge is 0.222 e. The molecule has 1 N–H and O–H groups in total. The first-order valence-electron chi connectivity index (χ1n) is 5.76. The van der Waals surface area contributed by atoms with Crippen LogP contribution in [0.2, 0.25) is 0 Å². The molecule has 0 bridgehead atoms. The van der Waals surface area contributed by atoms with Crippen molar-refractivity contribution in [2.24, 2.45) is 0 Å². The zero-order valence-corrected chi connectivity index (χ0v) is 12.7. The number of amides is 1. The number of rotatable bonds is 7. The van der Waals surface area contributed by atoms with Crippen molar-refractivity contribution in [3.8, 4) is 0 Å². The Balaban J connectivity index is 2.19. The van der Waals surface area contributed by atoms with E-state index in [4.69, 9.17) is 0 Å². The Bertz CT molecular complexity index is 354. The lowest BCUT2D eigenvalue weighted by atomic mass is 10.2. The molecular weight excluding hydrogens is 300 g/mol. The minimum Gasteiger partial charge on any atom is -0.344 e. The van der Waals surface area contributed by atoms with Gasteiger partial charge in [0.25, 0.3) is 0 Å². The molecule has 0 aliphatic rings. The second kappa shape index (κ2) is 7.84. The molecule has 0 saturated heterocycles. The summed E-state index contributed by atoms with van der Waals surface area (Å²) in [6.45, 7) is 1.62. The van der Waals surface area contributed by atoms with E-state index in [0.717, 1.165) is 29.7 Å². The van der Waals surface area contributed by atoms with Crippen molar-refractivity contribution in [3.63, 3.8) is 0 Å². The number of carbonyl (C=O) groups excluding carboxylic acids is 1. The van der Waals surface area contributed by atoms with Crippen molar-refractivity contribution in [3.05, 3.63) is 20.8 Å². The van der Waals surface area contributed by atoms with Crippen molar-refractivity contribution in [2.45, 2.75) is 19.3 Å². The van der Waals surface area contributed by atoms with Crippen LogP contribution in [0.25, 0.3) is 0 Å². The van der Waals surface area contributed by atoms with Gasteiger partial charge in [0.15, 0.2) is 0 Å². The van der Waals surface area contributed by atoms with Crippen LogP contribution in [0.4, 0.5) is 0 Å².